The molecule has 0 bridgehead atoms. The van der Waals surface area contributed by atoms with Crippen LogP contribution in [0.15, 0.2) is 48.5 Å². The molecule has 1 fully saturated rings. The molecule has 1 aliphatic heterocycles. The van der Waals surface area contributed by atoms with Crippen LogP contribution in [0.1, 0.15) is 47.7 Å². The second kappa shape index (κ2) is 10.6. The molecule has 1 aliphatic rings. The normalized spacial score (nSPS) is 14.6. The summed E-state index contributed by atoms with van der Waals surface area (Å²) in [7, 11) is -3.27. The quantitative estimate of drug-likeness (QED) is 0.587. The van der Waals surface area contributed by atoms with Gasteiger partial charge in [0.05, 0.1) is 12.4 Å². The Morgan fingerprint density at radius 1 is 1.00 bits per heavy atom. The summed E-state index contributed by atoms with van der Waals surface area (Å²) in [5, 5.41) is 2.92. The molecule has 0 spiro atoms. The topological polar surface area (TPSA) is 75.7 Å². The number of hydrogen-bond donors (Lipinski definition) is 1. The zero-order chi connectivity index (χ0) is 21.4. The lowest BCUT2D eigenvalue weighted by molar-refractivity contribution is 0.0953. The van der Waals surface area contributed by atoms with Gasteiger partial charge in [-0.2, -0.15) is 0 Å². The number of ether oxygens (including phenoxy) is 1. The molecule has 0 aromatic heterocycles. The molecule has 2 aromatic rings. The maximum atomic E-state index is 12.4. The molecule has 3 rings (SSSR count). The number of sulfonamides is 1. The van der Waals surface area contributed by atoms with E-state index in [0.717, 1.165) is 31.4 Å². The number of amides is 1. The second-order valence-electron chi connectivity index (χ2n) is 7.50. The predicted octanol–water partition coefficient (Wildman–Crippen LogP) is 3.37. The molecule has 30 heavy (non-hydrogen) atoms. The zero-order valence-corrected chi connectivity index (χ0v) is 18.3. The molecule has 2 aromatic carbocycles. The average molecular weight is 431 g/mol. The number of carbonyl (C=O) groups is 1. The van der Waals surface area contributed by atoms with Crippen molar-refractivity contribution in [2.45, 2.75) is 38.4 Å². The molecule has 1 heterocycles. The van der Waals surface area contributed by atoms with Crippen LogP contribution in [0.3, 0.4) is 0 Å². The first-order chi connectivity index (χ1) is 14.5. The van der Waals surface area contributed by atoms with E-state index in [-0.39, 0.29) is 11.7 Å². The summed E-state index contributed by atoms with van der Waals surface area (Å²) in [5.41, 5.74) is 2.45. The van der Waals surface area contributed by atoms with Gasteiger partial charge in [0, 0.05) is 25.2 Å². The van der Waals surface area contributed by atoms with Gasteiger partial charge in [0.2, 0.25) is 10.0 Å². The van der Waals surface area contributed by atoms with Crippen LogP contribution >= 0.6 is 0 Å². The molecule has 7 heteroatoms. The molecule has 162 valence electrons. The van der Waals surface area contributed by atoms with Crippen molar-refractivity contribution in [3.8, 4) is 5.75 Å². The van der Waals surface area contributed by atoms with Crippen LogP contribution in [0.2, 0.25) is 0 Å². The minimum atomic E-state index is -3.27. The summed E-state index contributed by atoms with van der Waals surface area (Å²) in [6.07, 6.45) is 3.57. The van der Waals surface area contributed by atoms with Crippen LogP contribution < -0.4 is 10.1 Å². The third-order valence-electron chi connectivity index (χ3n) is 5.19. The molecular weight excluding hydrogens is 400 g/mol. The standard InChI is InChI=1S/C23H30N2O4S/c1-2-29-22-13-9-19(10-14-22)6-5-15-24-23(26)21-11-7-20(8-12-21)18-30(27,28)25-16-3-4-17-25/h7-14H,2-6,15-18H2,1H3,(H,24,26). The highest BCUT2D eigenvalue weighted by atomic mass is 32.2. The van der Waals surface area contributed by atoms with Crippen molar-refractivity contribution in [2.24, 2.45) is 0 Å². The number of hydrogen-bond acceptors (Lipinski definition) is 4. The van der Waals surface area contributed by atoms with Crippen molar-refractivity contribution >= 4 is 15.9 Å². The predicted molar refractivity (Wildman–Crippen MR) is 118 cm³/mol. The van der Waals surface area contributed by atoms with Gasteiger partial charge >= 0.3 is 0 Å². The number of aryl methyl sites for hydroxylation is 1. The SMILES string of the molecule is CCOc1ccc(CCCNC(=O)c2ccc(CS(=O)(=O)N3CCCC3)cc2)cc1. The van der Waals surface area contributed by atoms with Crippen LogP contribution in [-0.4, -0.2) is 44.9 Å². The van der Waals surface area contributed by atoms with Gasteiger partial charge in [-0.3, -0.25) is 4.79 Å². The maximum absolute atomic E-state index is 12.4. The molecule has 0 radical (unpaired) electrons. The summed E-state index contributed by atoms with van der Waals surface area (Å²) in [5.74, 6) is 0.707. The molecule has 1 saturated heterocycles. The lowest BCUT2D eigenvalue weighted by atomic mass is 10.1. The Morgan fingerprint density at radius 3 is 2.27 bits per heavy atom. The Labute approximate surface area is 179 Å². The monoisotopic (exact) mass is 430 g/mol. The van der Waals surface area contributed by atoms with Gasteiger partial charge in [0.25, 0.3) is 5.91 Å². The first-order valence-electron chi connectivity index (χ1n) is 10.5. The third kappa shape index (κ3) is 6.31. The van der Waals surface area contributed by atoms with E-state index in [4.69, 9.17) is 4.74 Å². The fraction of sp³-hybridized carbons (Fsp3) is 0.435. The van der Waals surface area contributed by atoms with Gasteiger partial charge in [-0.05, 0) is 68.0 Å². The van der Waals surface area contributed by atoms with E-state index in [1.54, 1.807) is 28.6 Å². The second-order valence-corrected chi connectivity index (χ2v) is 9.46. The molecule has 0 unspecified atom stereocenters. The maximum Gasteiger partial charge on any atom is 0.251 e. The van der Waals surface area contributed by atoms with Crippen LogP contribution in [0, 0.1) is 0 Å². The van der Waals surface area contributed by atoms with Crippen molar-refractivity contribution in [1.82, 2.24) is 9.62 Å². The summed E-state index contributed by atoms with van der Waals surface area (Å²) < 4.78 is 31.8. The van der Waals surface area contributed by atoms with E-state index < -0.39 is 10.0 Å². The van der Waals surface area contributed by atoms with Crippen LogP contribution in [0.25, 0.3) is 0 Å². The van der Waals surface area contributed by atoms with Crippen molar-refractivity contribution in [3.63, 3.8) is 0 Å². The molecule has 1 N–H and O–H groups in total. The summed E-state index contributed by atoms with van der Waals surface area (Å²) in [6, 6.07) is 14.8. The van der Waals surface area contributed by atoms with E-state index in [0.29, 0.717) is 37.4 Å². The molecule has 6 nitrogen and oxygen atoms in total. The largest absolute Gasteiger partial charge is 0.494 e. The summed E-state index contributed by atoms with van der Waals surface area (Å²) in [6.45, 7) is 4.41. The first-order valence-corrected chi connectivity index (χ1v) is 12.2. The zero-order valence-electron chi connectivity index (χ0n) is 17.5. The van der Waals surface area contributed by atoms with Gasteiger partial charge in [0.1, 0.15) is 5.75 Å². The van der Waals surface area contributed by atoms with Gasteiger partial charge < -0.3 is 10.1 Å². The van der Waals surface area contributed by atoms with Gasteiger partial charge in [0.15, 0.2) is 0 Å². The van der Waals surface area contributed by atoms with E-state index in [1.807, 2.05) is 31.2 Å². The molecule has 0 saturated carbocycles. The van der Waals surface area contributed by atoms with Gasteiger partial charge in [-0.15, -0.1) is 0 Å². The Bertz CT molecular complexity index is 919. The smallest absolute Gasteiger partial charge is 0.251 e. The fourth-order valence-electron chi connectivity index (χ4n) is 3.54. The Balaban J connectivity index is 1.43. The van der Waals surface area contributed by atoms with E-state index in [9.17, 15) is 13.2 Å². The van der Waals surface area contributed by atoms with E-state index in [1.165, 1.54) is 5.56 Å². The molecule has 1 amide bonds. The number of carbonyl (C=O) groups excluding carboxylic acids is 1. The molecular formula is C23H30N2O4S. The van der Waals surface area contributed by atoms with Crippen molar-refractivity contribution in [1.29, 1.82) is 0 Å². The van der Waals surface area contributed by atoms with Crippen molar-refractivity contribution in [2.75, 3.05) is 26.2 Å². The van der Waals surface area contributed by atoms with E-state index in [2.05, 4.69) is 5.32 Å². The summed E-state index contributed by atoms with van der Waals surface area (Å²) >= 11 is 0. The lowest BCUT2D eigenvalue weighted by Crippen LogP contribution is -2.29. The van der Waals surface area contributed by atoms with Gasteiger partial charge in [-0.25, -0.2) is 12.7 Å². The first kappa shape index (κ1) is 22.3. The Hall–Kier alpha value is -2.38. The third-order valence-corrected chi connectivity index (χ3v) is 7.04. The fourth-order valence-corrected chi connectivity index (χ4v) is 5.15. The van der Waals surface area contributed by atoms with Crippen LogP contribution in [0.4, 0.5) is 0 Å². The Kier molecular flexibility index (Phi) is 7.87. The van der Waals surface area contributed by atoms with Crippen molar-refractivity contribution < 1.29 is 17.9 Å². The molecule has 0 atom stereocenters. The number of nitrogens with one attached hydrogen (secondary N) is 1. The minimum Gasteiger partial charge on any atom is -0.494 e. The highest BCUT2D eigenvalue weighted by Crippen LogP contribution is 2.17. The van der Waals surface area contributed by atoms with Crippen LogP contribution in [0.5, 0.6) is 5.75 Å². The Morgan fingerprint density at radius 2 is 1.63 bits per heavy atom. The number of rotatable bonds is 10. The molecule has 0 aliphatic carbocycles. The van der Waals surface area contributed by atoms with Crippen molar-refractivity contribution in [3.05, 3.63) is 65.2 Å². The average Bonchev–Trinajstić information content (AvgIpc) is 3.29. The number of nitrogens with zero attached hydrogens (tertiary/aromatic N) is 1. The highest BCUT2D eigenvalue weighted by molar-refractivity contribution is 7.88. The number of benzene rings is 2. The minimum absolute atomic E-state index is 0.0169. The summed E-state index contributed by atoms with van der Waals surface area (Å²) in [4.78, 5) is 12.3. The highest BCUT2D eigenvalue weighted by Gasteiger charge is 2.25. The van der Waals surface area contributed by atoms with Gasteiger partial charge in [-0.1, -0.05) is 24.3 Å². The van der Waals surface area contributed by atoms with Crippen LogP contribution in [-0.2, 0) is 22.2 Å². The van der Waals surface area contributed by atoms with E-state index >= 15 is 0 Å². The lowest BCUT2D eigenvalue weighted by Gasteiger charge is -2.15.